The van der Waals surface area contributed by atoms with Gasteiger partial charge >= 0.3 is 5.97 Å². The third-order valence-corrected chi connectivity index (χ3v) is 4.69. The fourth-order valence-corrected chi connectivity index (χ4v) is 3.12. The molecule has 4 N–H and O–H groups in total. The molecule has 11 heteroatoms. The first kappa shape index (κ1) is 25.0. The van der Waals surface area contributed by atoms with E-state index in [2.05, 4.69) is 10.6 Å². The maximum Gasteiger partial charge on any atom is 0.306 e. The monoisotopic (exact) mass is 456 g/mol. The number of primary amides is 1. The summed E-state index contributed by atoms with van der Waals surface area (Å²) in [7, 11) is 0. The fraction of sp³-hybridized carbons (Fsp3) is 0.273. The van der Waals surface area contributed by atoms with Crippen LogP contribution < -0.4 is 16.4 Å². The number of amides is 3. The average Bonchev–Trinajstić information content (AvgIpc) is 2.80. The van der Waals surface area contributed by atoms with E-state index in [-0.39, 0.29) is 18.7 Å². The summed E-state index contributed by atoms with van der Waals surface area (Å²) in [5, 5.41) is 15.8. The van der Waals surface area contributed by atoms with E-state index in [1.54, 1.807) is 37.3 Å². The summed E-state index contributed by atoms with van der Waals surface area (Å²) >= 11 is 0. The number of ether oxygens (including phenoxy) is 1. The van der Waals surface area contributed by atoms with Gasteiger partial charge in [0.1, 0.15) is 6.04 Å². The molecule has 0 saturated heterocycles. The van der Waals surface area contributed by atoms with Crippen molar-refractivity contribution in [2.45, 2.75) is 25.3 Å². The summed E-state index contributed by atoms with van der Waals surface area (Å²) in [6, 6.07) is 12.1. The van der Waals surface area contributed by atoms with Crippen LogP contribution >= 0.6 is 0 Å². The number of nitrogens with two attached hydrogens (primary N) is 1. The zero-order valence-electron chi connectivity index (χ0n) is 17.9. The molecule has 2 atom stereocenters. The standard InChI is InChI=1S/C22H24N4O7/c1-2-33-19(28)12-17(14-8-10-16(11-9-14)26(31)32)20(21(23)29)25-18(27)13-24-22(30)15-6-4-3-5-7-15/h3-11,17,20H,2,12-13H2,1H3,(H2,23,29)(H,24,30)(H,25,27)/t17-,20-/m1/s1. The van der Waals surface area contributed by atoms with Crippen LogP contribution in [0.15, 0.2) is 54.6 Å². The van der Waals surface area contributed by atoms with E-state index in [1.807, 2.05) is 0 Å². The maximum absolute atomic E-state index is 12.4. The molecule has 0 unspecified atom stereocenters. The Morgan fingerprint density at radius 2 is 1.70 bits per heavy atom. The predicted molar refractivity (Wildman–Crippen MR) is 117 cm³/mol. The molecule has 2 rings (SSSR count). The quantitative estimate of drug-likeness (QED) is 0.257. The number of carbonyl (C=O) groups is 4. The average molecular weight is 456 g/mol. The maximum atomic E-state index is 12.4. The van der Waals surface area contributed by atoms with Gasteiger partial charge in [-0.15, -0.1) is 0 Å². The summed E-state index contributed by atoms with van der Waals surface area (Å²) in [4.78, 5) is 59.2. The van der Waals surface area contributed by atoms with Gasteiger partial charge in [-0.05, 0) is 24.6 Å². The van der Waals surface area contributed by atoms with Crippen molar-refractivity contribution in [3.63, 3.8) is 0 Å². The van der Waals surface area contributed by atoms with Crippen LogP contribution in [0.3, 0.4) is 0 Å². The molecule has 0 spiro atoms. The van der Waals surface area contributed by atoms with Gasteiger partial charge in [-0.1, -0.05) is 30.3 Å². The Balaban J connectivity index is 2.18. The summed E-state index contributed by atoms with van der Waals surface area (Å²) in [5.41, 5.74) is 6.03. The zero-order chi connectivity index (χ0) is 24.4. The van der Waals surface area contributed by atoms with Crippen molar-refractivity contribution in [3.8, 4) is 0 Å². The van der Waals surface area contributed by atoms with Gasteiger partial charge in [-0.3, -0.25) is 29.3 Å². The molecule has 0 aliphatic carbocycles. The Morgan fingerprint density at radius 1 is 1.06 bits per heavy atom. The molecule has 174 valence electrons. The minimum Gasteiger partial charge on any atom is -0.466 e. The molecule has 0 bridgehead atoms. The van der Waals surface area contributed by atoms with Gasteiger partial charge in [0, 0.05) is 23.6 Å². The van der Waals surface area contributed by atoms with Crippen LogP contribution in [0.5, 0.6) is 0 Å². The zero-order valence-corrected chi connectivity index (χ0v) is 17.9. The number of rotatable bonds is 11. The van der Waals surface area contributed by atoms with Crippen LogP contribution in [-0.4, -0.2) is 47.8 Å². The van der Waals surface area contributed by atoms with Gasteiger partial charge in [0.05, 0.1) is 24.5 Å². The van der Waals surface area contributed by atoms with Gasteiger partial charge in [0.2, 0.25) is 11.8 Å². The van der Waals surface area contributed by atoms with Gasteiger partial charge < -0.3 is 21.1 Å². The highest BCUT2D eigenvalue weighted by Crippen LogP contribution is 2.26. The van der Waals surface area contributed by atoms with Gasteiger partial charge in [-0.2, -0.15) is 0 Å². The second-order valence-electron chi connectivity index (χ2n) is 6.96. The molecular formula is C22H24N4O7. The fourth-order valence-electron chi connectivity index (χ4n) is 3.12. The Kier molecular flexibility index (Phi) is 9.04. The van der Waals surface area contributed by atoms with Crippen molar-refractivity contribution in [1.29, 1.82) is 0 Å². The number of nitro benzene ring substituents is 1. The van der Waals surface area contributed by atoms with Gasteiger partial charge in [-0.25, -0.2) is 0 Å². The molecule has 0 aliphatic rings. The number of nitro groups is 1. The third-order valence-electron chi connectivity index (χ3n) is 4.69. The van der Waals surface area contributed by atoms with Crippen LogP contribution in [0.2, 0.25) is 0 Å². The summed E-state index contributed by atoms with van der Waals surface area (Å²) in [5.74, 6) is -3.71. The van der Waals surface area contributed by atoms with E-state index in [9.17, 15) is 29.3 Å². The number of nitrogens with zero attached hydrogens (tertiary/aromatic N) is 1. The molecule has 0 fully saturated rings. The van der Waals surface area contributed by atoms with Crippen LogP contribution in [0.25, 0.3) is 0 Å². The van der Waals surface area contributed by atoms with Crippen LogP contribution in [0, 0.1) is 10.1 Å². The van der Waals surface area contributed by atoms with Crippen molar-refractivity contribution >= 4 is 29.4 Å². The molecule has 11 nitrogen and oxygen atoms in total. The lowest BCUT2D eigenvalue weighted by Gasteiger charge is -2.25. The summed E-state index contributed by atoms with van der Waals surface area (Å²) in [6.07, 6.45) is -0.310. The van der Waals surface area contributed by atoms with Crippen molar-refractivity contribution in [2.75, 3.05) is 13.2 Å². The first-order valence-corrected chi connectivity index (χ1v) is 10.0. The second-order valence-corrected chi connectivity index (χ2v) is 6.96. The Bertz CT molecular complexity index is 1010. The van der Waals surface area contributed by atoms with Crippen molar-refractivity contribution in [1.82, 2.24) is 10.6 Å². The van der Waals surface area contributed by atoms with Crippen molar-refractivity contribution in [3.05, 3.63) is 75.8 Å². The molecule has 33 heavy (non-hydrogen) atoms. The lowest BCUT2D eigenvalue weighted by Crippen LogP contribution is -2.51. The Morgan fingerprint density at radius 3 is 2.24 bits per heavy atom. The number of hydrogen-bond donors (Lipinski definition) is 3. The highest BCUT2D eigenvalue weighted by Gasteiger charge is 2.32. The number of benzene rings is 2. The number of non-ortho nitro benzene ring substituents is 1. The van der Waals surface area contributed by atoms with Crippen LogP contribution in [-0.2, 0) is 19.1 Å². The Labute approximate surface area is 189 Å². The molecule has 0 heterocycles. The molecule has 3 amide bonds. The summed E-state index contributed by atoms with van der Waals surface area (Å²) < 4.78 is 4.95. The topological polar surface area (TPSA) is 171 Å². The minimum absolute atomic E-state index is 0.102. The van der Waals surface area contributed by atoms with E-state index >= 15 is 0 Å². The molecule has 2 aromatic carbocycles. The van der Waals surface area contributed by atoms with E-state index in [1.165, 1.54) is 24.3 Å². The third kappa shape index (κ3) is 7.42. The smallest absolute Gasteiger partial charge is 0.306 e. The number of carbonyl (C=O) groups excluding carboxylic acids is 4. The SMILES string of the molecule is CCOC(=O)C[C@H](c1ccc([N+](=O)[O-])cc1)[C@@H](NC(=O)CNC(=O)c1ccccc1)C(N)=O. The van der Waals surface area contributed by atoms with E-state index in [0.29, 0.717) is 11.1 Å². The molecule has 0 radical (unpaired) electrons. The molecule has 0 aromatic heterocycles. The van der Waals surface area contributed by atoms with Crippen molar-refractivity contribution in [2.24, 2.45) is 5.73 Å². The largest absolute Gasteiger partial charge is 0.466 e. The van der Waals surface area contributed by atoms with E-state index < -0.39 is 47.1 Å². The Hall–Kier alpha value is -4.28. The van der Waals surface area contributed by atoms with Crippen LogP contribution in [0.4, 0.5) is 5.69 Å². The minimum atomic E-state index is -1.34. The molecule has 0 saturated carbocycles. The van der Waals surface area contributed by atoms with Crippen LogP contribution in [0.1, 0.15) is 35.2 Å². The summed E-state index contributed by atoms with van der Waals surface area (Å²) in [6.45, 7) is 1.27. The van der Waals surface area contributed by atoms with E-state index in [0.717, 1.165) is 0 Å². The van der Waals surface area contributed by atoms with Gasteiger partial charge in [0.15, 0.2) is 0 Å². The molecular weight excluding hydrogens is 432 g/mol. The predicted octanol–water partition coefficient (Wildman–Crippen LogP) is 1.03. The molecule has 2 aromatic rings. The highest BCUT2D eigenvalue weighted by atomic mass is 16.6. The second kappa shape index (κ2) is 11.9. The highest BCUT2D eigenvalue weighted by molar-refractivity contribution is 5.97. The van der Waals surface area contributed by atoms with E-state index in [4.69, 9.17) is 10.5 Å². The lowest BCUT2D eigenvalue weighted by molar-refractivity contribution is -0.384. The van der Waals surface area contributed by atoms with Crippen molar-refractivity contribution < 1.29 is 28.8 Å². The number of nitrogens with one attached hydrogen (secondary N) is 2. The van der Waals surface area contributed by atoms with Gasteiger partial charge in [0.25, 0.3) is 11.6 Å². The number of esters is 1. The first-order chi connectivity index (χ1) is 15.7. The normalized spacial score (nSPS) is 12.2. The molecule has 0 aliphatic heterocycles. The first-order valence-electron chi connectivity index (χ1n) is 10.0. The number of hydrogen-bond acceptors (Lipinski definition) is 7. The lowest BCUT2D eigenvalue weighted by atomic mass is 9.87.